The lowest BCUT2D eigenvalue weighted by molar-refractivity contribution is 0.232. The molecule has 2 atom stereocenters. The average molecular weight is 270 g/mol. The van der Waals surface area contributed by atoms with E-state index in [-0.39, 0.29) is 16.0 Å². The summed E-state index contributed by atoms with van der Waals surface area (Å²) in [7, 11) is 0. The van der Waals surface area contributed by atoms with E-state index in [4.69, 9.17) is 11.6 Å². The fourth-order valence-corrected chi connectivity index (χ4v) is 3.00. The lowest BCUT2D eigenvalue weighted by atomic mass is 9.77. The number of halogens is 1. The van der Waals surface area contributed by atoms with Crippen molar-refractivity contribution in [1.82, 2.24) is 10.2 Å². The largest absolute Gasteiger partial charge is 0.379 e. The van der Waals surface area contributed by atoms with Gasteiger partial charge in [0.25, 0.3) is 5.56 Å². The van der Waals surface area contributed by atoms with Gasteiger partial charge in [0.2, 0.25) is 0 Å². The molecule has 0 radical (unpaired) electrons. The van der Waals surface area contributed by atoms with Crippen molar-refractivity contribution in [2.24, 2.45) is 11.3 Å². The lowest BCUT2D eigenvalue weighted by Crippen LogP contribution is -2.33. The number of nitrogens with zero attached hydrogens (tertiary/aromatic N) is 1. The predicted molar refractivity (Wildman–Crippen MR) is 74.1 cm³/mol. The summed E-state index contributed by atoms with van der Waals surface area (Å²) in [6, 6.07) is 0.367. The fraction of sp³-hybridized carbons (Fsp3) is 0.692. The van der Waals surface area contributed by atoms with Crippen LogP contribution in [0, 0.1) is 11.3 Å². The minimum absolute atomic E-state index is 0.199. The number of nitrogens with one attached hydrogen (secondary N) is 2. The van der Waals surface area contributed by atoms with Crippen molar-refractivity contribution < 1.29 is 0 Å². The summed E-state index contributed by atoms with van der Waals surface area (Å²) in [5.74, 6) is 0.591. The van der Waals surface area contributed by atoms with E-state index in [1.807, 2.05) is 0 Å². The first-order valence-electron chi connectivity index (χ1n) is 6.39. The molecule has 1 aromatic heterocycles. The Labute approximate surface area is 112 Å². The zero-order valence-electron chi connectivity index (χ0n) is 11.1. The molecule has 0 saturated heterocycles. The van der Waals surface area contributed by atoms with Crippen molar-refractivity contribution >= 4 is 17.3 Å². The number of rotatable bonds is 2. The number of aromatic nitrogens is 2. The van der Waals surface area contributed by atoms with E-state index in [0.29, 0.717) is 17.6 Å². The minimum Gasteiger partial charge on any atom is -0.379 e. The molecule has 2 unspecified atom stereocenters. The molecule has 2 N–H and O–H groups in total. The van der Waals surface area contributed by atoms with Crippen LogP contribution in [-0.2, 0) is 0 Å². The molecule has 100 valence electrons. The second-order valence-electron chi connectivity index (χ2n) is 6.08. The molecule has 1 fully saturated rings. The van der Waals surface area contributed by atoms with E-state index in [2.05, 4.69) is 36.3 Å². The van der Waals surface area contributed by atoms with Gasteiger partial charge < -0.3 is 5.32 Å². The van der Waals surface area contributed by atoms with Crippen LogP contribution in [0.1, 0.15) is 40.0 Å². The number of hydrogen-bond acceptors (Lipinski definition) is 3. The molecule has 0 bridgehead atoms. The van der Waals surface area contributed by atoms with Crippen molar-refractivity contribution in [2.75, 3.05) is 5.32 Å². The third-order valence-electron chi connectivity index (χ3n) is 3.76. The molecule has 1 heterocycles. The van der Waals surface area contributed by atoms with Gasteiger partial charge in [-0.15, -0.1) is 0 Å². The topological polar surface area (TPSA) is 57.8 Å². The van der Waals surface area contributed by atoms with Crippen LogP contribution in [0.15, 0.2) is 11.0 Å². The monoisotopic (exact) mass is 269 g/mol. The van der Waals surface area contributed by atoms with Gasteiger partial charge in [0.15, 0.2) is 0 Å². The van der Waals surface area contributed by atoms with E-state index in [0.717, 1.165) is 6.42 Å². The van der Waals surface area contributed by atoms with E-state index in [1.54, 1.807) is 6.20 Å². The molecule has 1 saturated carbocycles. The van der Waals surface area contributed by atoms with Crippen molar-refractivity contribution in [3.05, 3.63) is 21.6 Å². The van der Waals surface area contributed by atoms with Crippen LogP contribution in [0.5, 0.6) is 0 Å². The zero-order valence-corrected chi connectivity index (χ0v) is 11.8. The van der Waals surface area contributed by atoms with E-state index >= 15 is 0 Å². The van der Waals surface area contributed by atoms with Gasteiger partial charge in [0.05, 0.1) is 11.9 Å². The highest BCUT2D eigenvalue weighted by Crippen LogP contribution is 2.40. The Bertz CT molecular complexity index is 478. The second-order valence-corrected chi connectivity index (χ2v) is 6.46. The SMILES string of the molecule is CC(C)(C)C1CCCC1Nc1cn[nH]c(=O)c1Cl. The summed E-state index contributed by atoms with van der Waals surface area (Å²) in [6.07, 6.45) is 5.14. The zero-order chi connectivity index (χ0) is 13.3. The smallest absolute Gasteiger partial charge is 0.285 e. The van der Waals surface area contributed by atoms with Crippen molar-refractivity contribution in [2.45, 2.75) is 46.1 Å². The van der Waals surface area contributed by atoms with E-state index < -0.39 is 0 Å². The first-order chi connectivity index (χ1) is 8.39. The Hall–Kier alpha value is -1.03. The third-order valence-corrected chi connectivity index (χ3v) is 4.14. The summed E-state index contributed by atoms with van der Waals surface area (Å²) in [5.41, 5.74) is 0.559. The maximum atomic E-state index is 11.4. The average Bonchev–Trinajstić information content (AvgIpc) is 2.72. The van der Waals surface area contributed by atoms with E-state index in [1.165, 1.54) is 12.8 Å². The van der Waals surface area contributed by atoms with Crippen LogP contribution in [0.2, 0.25) is 5.02 Å². The number of H-pyrrole nitrogens is 1. The normalized spacial score (nSPS) is 24.2. The highest BCUT2D eigenvalue weighted by molar-refractivity contribution is 6.32. The highest BCUT2D eigenvalue weighted by Gasteiger charge is 2.36. The van der Waals surface area contributed by atoms with Crippen molar-refractivity contribution in [3.8, 4) is 0 Å². The van der Waals surface area contributed by atoms with Gasteiger partial charge in [-0.05, 0) is 24.2 Å². The molecule has 0 amide bonds. The van der Waals surface area contributed by atoms with Gasteiger partial charge in [-0.1, -0.05) is 38.8 Å². The number of hydrogen-bond donors (Lipinski definition) is 2. The molecule has 0 aromatic carbocycles. The first-order valence-corrected chi connectivity index (χ1v) is 6.77. The Morgan fingerprint density at radius 1 is 1.44 bits per heavy atom. The van der Waals surface area contributed by atoms with Gasteiger partial charge >= 0.3 is 0 Å². The standard InChI is InChI=1S/C13H20ClN3O/c1-13(2,3)8-5-4-6-9(8)16-10-7-15-17-12(18)11(10)14/h7-9H,4-6H2,1-3H3,(H2,16,17,18). The molecule has 18 heavy (non-hydrogen) atoms. The van der Waals surface area contributed by atoms with Gasteiger partial charge in [0.1, 0.15) is 5.02 Å². The Balaban J connectivity index is 2.18. The molecular weight excluding hydrogens is 250 g/mol. The van der Waals surface area contributed by atoms with Gasteiger partial charge in [0, 0.05) is 6.04 Å². The number of anilines is 1. The summed E-state index contributed by atoms with van der Waals surface area (Å²) < 4.78 is 0. The highest BCUT2D eigenvalue weighted by atomic mass is 35.5. The number of aromatic amines is 1. The lowest BCUT2D eigenvalue weighted by Gasteiger charge is -2.33. The van der Waals surface area contributed by atoms with Crippen LogP contribution in [0.4, 0.5) is 5.69 Å². The second kappa shape index (κ2) is 4.92. The van der Waals surface area contributed by atoms with Gasteiger partial charge in [-0.2, -0.15) is 5.10 Å². The molecule has 1 aliphatic carbocycles. The summed E-state index contributed by atoms with van der Waals surface area (Å²) in [4.78, 5) is 11.4. The van der Waals surface area contributed by atoms with E-state index in [9.17, 15) is 4.79 Å². The summed E-state index contributed by atoms with van der Waals surface area (Å²) in [6.45, 7) is 6.78. The van der Waals surface area contributed by atoms with Crippen molar-refractivity contribution in [1.29, 1.82) is 0 Å². The summed E-state index contributed by atoms with van der Waals surface area (Å²) >= 11 is 5.99. The van der Waals surface area contributed by atoms with Crippen LogP contribution in [0.25, 0.3) is 0 Å². The molecule has 0 spiro atoms. The molecule has 5 heteroatoms. The molecule has 1 aliphatic rings. The maximum Gasteiger partial charge on any atom is 0.285 e. The van der Waals surface area contributed by atoms with Gasteiger partial charge in [-0.25, -0.2) is 5.10 Å². The Kier molecular flexibility index (Phi) is 3.66. The minimum atomic E-state index is -0.341. The Morgan fingerprint density at radius 2 is 2.17 bits per heavy atom. The molecule has 2 rings (SSSR count). The third kappa shape index (κ3) is 2.69. The van der Waals surface area contributed by atoms with Crippen LogP contribution in [0.3, 0.4) is 0 Å². The first kappa shape index (κ1) is 13.4. The quantitative estimate of drug-likeness (QED) is 0.868. The molecular formula is C13H20ClN3O. The predicted octanol–water partition coefficient (Wildman–Crippen LogP) is 3.05. The van der Waals surface area contributed by atoms with Crippen LogP contribution < -0.4 is 10.9 Å². The summed E-state index contributed by atoms with van der Waals surface area (Å²) in [5, 5.41) is 9.71. The van der Waals surface area contributed by atoms with Crippen LogP contribution >= 0.6 is 11.6 Å². The maximum absolute atomic E-state index is 11.4. The Morgan fingerprint density at radius 3 is 2.83 bits per heavy atom. The van der Waals surface area contributed by atoms with Gasteiger partial charge in [-0.3, -0.25) is 4.79 Å². The van der Waals surface area contributed by atoms with Crippen molar-refractivity contribution in [3.63, 3.8) is 0 Å². The molecule has 4 nitrogen and oxygen atoms in total. The molecule has 1 aromatic rings. The van der Waals surface area contributed by atoms with Crippen LogP contribution in [-0.4, -0.2) is 16.2 Å². The molecule has 0 aliphatic heterocycles. The fourth-order valence-electron chi connectivity index (χ4n) is 2.85.